The molecule has 4 atom stereocenters. The van der Waals surface area contributed by atoms with Crippen molar-refractivity contribution < 1.29 is 27.9 Å². The Morgan fingerprint density at radius 1 is 1.24 bits per heavy atom. The number of rotatable bonds is 7. The van der Waals surface area contributed by atoms with Crippen molar-refractivity contribution in [2.45, 2.75) is 64.6 Å². The molecule has 3 saturated carbocycles. The molecule has 0 aromatic rings. The first-order valence-electron chi connectivity index (χ1n) is 8.78. The Labute approximate surface area is 145 Å². The maximum absolute atomic E-state index is 12.6. The summed E-state index contributed by atoms with van der Waals surface area (Å²) in [4.78, 5) is 21.8. The zero-order chi connectivity index (χ0) is 18.8. The van der Waals surface area contributed by atoms with Gasteiger partial charge in [-0.05, 0) is 55.3 Å². The smallest absolute Gasteiger partial charge is 0.471 e. The maximum Gasteiger partial charge on any atom is 0.471 e. The number of amides is 1. The zero-order valence-corrected chi connectivity index (χ0v) is 14.6. The van der Waals surface area contributed by atoms with Crippen LogP contribution in [-0.4, -0.2) is 29.2 Å². The van der Waals surface area contributed by atoms with Gasteiger partial charge in [-0.2, -0.15) is 13.2 Å². The van der Waals surface area contributed by atoms with E-state index in [4.69, 9.17) is 5.11 Å². The Morgan fingerprint density at radius 2 is 1.92 bits per heavy atom. The van der Waals surface area contributed by atoms with Crippen LogP contribution in [0.25, 0.3) is 0 Å². The highest BCUT2D eigenvalue weighted by molar-refractivity contribution is 5.82. The summed E-state index contributed by atoms with van der Waals surface area (Å²) in [6.45, 7) is 4.30. The van der Waals surface area contributed by atoms with Gasteiger partial charge in [0.15, 0.2) is 0 Å². The van der Waals surface area contributed by atoms with E-state index in [0.717, 1.165) is 6.42 Å². The Balaban J connectivity index is 1.95. The Hall–Kier alpha value is -1.53. The summed E-state index contributed by atoms with van der Waals surface area (Å²) in [5.74, 6) is -2.05. The lowest BCUT2D eigenvalue weighted by Crippen LogP contribution is -2.62. The maximum atomic E-state index is 12.6. The molecule has 142 valence electrons. The molecule has 3 rings (SSSR count). The van der Waals surface area contributed by atoms with Crippen molar-refractivity contribution in [2.24, 2.45) is 23.2 Å². The SMILES string of the molecule is CC1(C)C2CC1[C@H](C/C=C\CCCC(=O)O)[C@@H](NC(=O)C(F)(F)F)C2. The molecule has 0 aromatic carbocycles. The van der Waals surface area contributed by atoms with E-state index >= 15 is 0 Å². The van der Waals surface area contributed by atoms with Crippen LogP contribution in [-0.2, 0) is 9.59 Å². The summed E-state index contributed by atoms with van der Waals surface area (Å²) in [6.07, 6.45) is 2.44. The molecule has 3 aliphatic carbocycles. The summed E-state index contributed by atoms with van der Waals surface area (Å²) in [5, 5.41) is 10.8. The minimum absolute atomic E-state index is 0.0120. The molecule has 4 nitrogen and oxygen atoms in total. The molecule has 0 heterocycles. The van der Waals surface area contributed by atoms with Gasteiger partial charge >= 0.3 is 18.1 Å². The minimum atomic E-state index is -4.85. The Bertz CT molecular complexity index is 542. The number of alkyl halides is 3. The summed E-state index contributed by atoms with van der Waals surface area (Å²) >= 11 is 0. The van der Waals surface area contributed by atoms with Gasteiger partial charge in [-0.25, -0.2) is 0 Å². The van der Waals surface area contributed by atoms with E-state index in [2.05, 4.69) is 19.2 Å². The van der Waals surface area contributed by atoms with Gasteiger partial charge in [0, 0.05) is 12.5 Å². The second-order valence-electron chi connectivity index (χ2n) is 7.83. The Morgan fingerprint density at radius 3 is 2.48 bits per heavy atom. The van der Waals surface area contributed by atoms with Crippen molar-refractivity contribution >= 4 is 11.9 Å². The van der Waals surface area contributed by atoms with E-state index in [1.807, 2.05) is 12.2 Å². The van der Waals surface area contributed by atoms with Gasteiger partial charge in [-0.15, -0.1) is 0 Å². The van der Waals surface area contributed by atoms with Crippen molar-refractivity contribution in [1.29, 1.82) is 0 Å². The zero-order valence-electron chi connectivity index (χ0n) is 14.6. The van der Waals surface area contributed by atoms with Crippen molar-refractivity contribution in [3.05, 3.63) is 12.2 Å². The molecular formula is C18H26F3NO3. The number of hydrogen-bond donors (Lipinski definition) is 2. The van der Waals surface area contributed by atoms with E-state index in [-0.39, 0.29) is 17.8 Å². The molecule has 2 N–H and O–H groups in total. The lowest BCUT2D eigenvalue weighted by Gasteiger charge is -2.62. The van der Waals surface area contributed by atoms with Gasteiger partial charge in [0.2, 0.25) is 0 Å². The standard InChI is InChI=1S/C18H26F3NO3/c1-17(2)11-9-13(17)12(7-5-3-4-6-8-15(23)24)14(10-11)22-16(25)18(19,20)21/h3,5,11-14H,4,6-10H2,1-2H3,(H,22,25)(H,23,24)/b5-3-/t11?,12-,13?,14-/m0/s1. The number of fused-ring (bicyclic) bond motifs is 2. The molecule has 0 spiro atoms. The van der Waals surface area contributed by atoms with Crippen molar-refractivity contribution in [3.63, 3.8) is 0 Å². The van der Waals surface area contributed by atoms with Gasteiger partial charge in [-0.1, -0.05) is 26.0 Å². The average Bonchev–Trinajstić information content (AvgIpc) is 2.49. The second-order valence-corrected chi connectivity index (χ2v) is 7.83. The largest absolute Gasteiger partial charge is 0.481 e. The van der Waals surface area contributed by atoms with Crippen LogP contribution in [0.1, 0.15) is 52.4 Å². The van der Waals surface area contributed by atoms with Crippen molar-refractivity contribution in [2.75, 3.05) is 0 Å². The predicted molar refractivity (Wildman–Crippen MR) is 86.7 cm³/mol. The second kappa shape index (κ2) is 7.38. The van der Waals surface area contributed by atoms with Gasteiger partial charge in [0.25, 0.3) is 0 Å². The third-order valence-electron chi connectivity index (χ3n) is 6.03. The third-order valence-corrected chi connectivity index (χ3v) is 6.03. The van der Waals surface area contributed by atoms with Crippen molar-refractivity contribution in [1.82, 2.24) is 5.32 Å². The highest BCUT2D eigenvalue weighted by Crippen LogP contribution is 2.62. The molecule has 1 amide bonds. The monoisotopic (exact) mass is 361 g/mol. The molecule has 7 heteroatoms. The van der Waals surface area contributed by atoms with Gasteiger partial charge in [0.05, 0.1) is 0 Å². The Kier molecular flexibility index (Phi) is 5.84. The van der Waals surface area contributed by atoms with Crippen LogP contribution < -0.4 is 5.32 Å². The van der Waals surface area contributed by atoms with E-state index in [1.165, 1.54) is 0 Å². The number of aliphatic carboxylic acids is 1. The van der Waals surface area contributed by atoms with Crippen molar-refractivity contribution in [3.8, 4) is 0 Å². The third kappa shape index (κ3) is 4.55. The number of unbranched alkanes of at least 4 members (excludes halogenated alkanes) is 1. The minimum Gasteiger partial charge on any atom is -0.481 e. The first kappa shape index (κ1) is 19.8. The van der Waals surface area contributed by atoms with Crippen LogP contribution in [0.4, 0.5) is 13.2 Å². The number of carboxylic acid groups (broad SMARTS) is 1. The van der Waals surface area contributed by atoms with Crippen LogP contribution in [0.3, 0.4) is 0 Å². The summed E-state index contributed by atoms with van der Waals surface area (Å²) in [5.41, 5.74) is 0.0985. The molecule has 0 aliphatic heterocycles. The number of halogens is 3. The highest BCUT2D eigenvalue weighted by atomic mass is 19.4. The van der Waals surface area contributed by atoms with E-state index in [1.54, 1.807) is 0 Å². The fraction of sp³-hybridized carbons (Fsp3) is 0.778. The number of carbonyl (C=O) groups excluding carboxylic acids is 1. The molecule has 0 saturated heterocycles. The van der Waals surface area contributed by atoms with Crippen LogP contribution in [0.15, 0.2) is 12.2 Å². The summed E-state index contributed by atoms with van der Waals surface area (Å²) < 4.78 is 37.7. The quantitative estimate of drug-likeness (QED) is 0.534. The molecule has 0 radical (unpaired) electrons. The number of hydrogen-bond acceptors (Lipinski definition) is 2. The lowest BCUT2D eigenvalue weighted by atomic mass is 9.44. The summed E-state index contributed by atoms with van der Waals surface area (Å²) in [6, 6.07) is -0.449. The normalized spacial score (nSPS) is 30.8. The fourth-order valence-electron chi connectivity index (χ4n) is 4.43. The average molecular weight is 361 g/mol. The van der Waals surface area contributed by atoms with E-state index in [9.17, 15) is 22.8 Å². The molecule has 3 fully saturated rings. The van der Waals surface area contributed by atoms with Crippen LogP contribution in [0.2, 0.25) is 0 Å². The topological polar surface area (TPSA) is 66.4 Å². The summed E-state index contributed by atoms with van der Waals surface area (Å²) in [7, 11) is 0. The molecule has 2 bridgehead atoms. The number of carboxylic acids is 1. The predicted octanol–water partition coefficient (Wildman–Crippen LogP) is 3.92. The molecule has 25 heavy (non-hydrogen) atoms. The highest BCUT2D eigenvalue weighted by Gasteiger charge is 2.58. The molecule has 0 aromatic heterocycles. The van der Waals surface area contributed by atoms with Crippen LogP contribution >= 0.6 is 0 Å². The number of allylic oxidation sites excluding steroid dienone is 2. The van der Waals surface area contributed by atoms with Crippen LogP contribution in [0, 0.1) is 23.2 Å². The fourth-order valence-corrected chi connectivity index (χ4v) is 4.43. The first-order chi connectivity index (χ1) is 11.5. The number of carbonyl (C=O) groups is 2. The van der Waals surface area contributed by atoms with E-state index < -0.39 is 24.1 Å². The molecule has 2 unspecified atom stereocenters. The first-order valence-corrected chi connectivity index (χ1v) is 8.78. The van der Waals surface area contributed by atoms with E-state index in [0.29, 0.717) is 37.5 Å². The van der Waals surface area contributed by atoms with Gasteiger partial charge < -0.3 is 10.4 Å². The number of nitrogens with one attached hydrogen (secondary N) is 1. The van der Waals surface area contributed by atoms with Gasteiger partial charge in [0.1, 0.15) is 0 Å². The lowest BCUT2D eigenvalue weighted by molar-refractivity contribution is -0.179. The van der Waals surface area contributed by atoms with Crippen LogP contribution in [0.5, 0.6) is 0 Å². The molecular weight excluding hydrogens is 335 g/mol. The molecule has 3 aliphatic rings. The van der Waals surface area contributed by atoms with Gasteiger partial charge in [-0.3, -0.25) is 9.59 Å².